The molecule has 2 aliphatic heterocycles. The van der Waals surface area contributed by atoms with Gasteiger partial charge in [0.1, 0.15) is 24.1 Å². The Bertz CT molecular complexity index is 851. The van der Waals surface area contributed by atoms with Gasteiger partial charge in [0.05, 0.1) is 12.7 Å². The summed E-state index contributed by atoms with van der Waals surface area (Å²) in [7, 11) is 1.86. The lowest BCUT2D eigenvalue weighted by Gasteiger charge is -2.47. The van der Waals surface area contributed by atoms with E-state index in [4.69, 9.17) is 4.74 Å². The molecule has 4 aliphatic rings. The molecule has 4 rings (SSSR count). The zero-order valence-electron chi connectivity index (χ0n) is 19.6. The number of nitriles is 1. The van der Waals surface area contributed by atoms with E-state index in [2.05, 4.69) is 11.5 Å². The summed E-state index contributed by atoms with van der Waals surface area (Å²) < 4.78 is 34.1. The van der Waals surface area contributed by atoms with Gasteiger partial charge in [-0.15, -0.1) is 0 Å². The summed E-state index contributed by atoms with van der Waals surface area (Å²) in [6, 6.07) is 2.11. The van der Waals surface area contributed by atoms with Crippen LogP contribution in [-0.2, 0) is 14.3 Å². The molecule has 0 aromatic heterocycles. The average molecular weight is 465 g/mol. The first kappa shape index (κ1) is 23.9. The van der Waals surface area contributed by atoms with Gasteiger partial charge in [-0.1, -0.05) is 0 Å². The van der Waals surface area contributed by atoms with Crippen molar-refractivity contribution in [2.75, 3.05) is 13.7 Å². The van der Waals surface area contributed by atoms with Gasteiger partial charge < -0.3 is 9.64 Å². The monoisotopic (exact) mass is 464 g/mol. The second-order valence-corrected chi connectivity index (χ2v) is 9.94. The van der Waals surface area contributed by atoms with E-state index in [0.29, 0.717) is 44.2 Å². The molecule has 0 bridgehead atoms. The Labute approximate surface area is 194 Å². The number of ether oxygens (including phenoxy) is 1. The van der Waals surface area contributed by atoms with E-state index in [9.17, 15) is 19.2 Å². The first-order chi connectivity index (χ1) is 15.8. The van der Waals surface area contributed by atoms with Crippen molar-refractivity contribution in [1.29, 1.82) is 5.26 Å². The number of fused-ring (bicyclic) bond motifs is 1. The summed E-state index contributed by atoms with van der Waals surface area (Å²) >= 11 is 0. The average Bonchev–Trinajstić information content (AvgIpc) is 3.14. The fourth-order valence-electron chi connectivity index (χ4n) is 6.47. The highest BCUT2D eigenvalue weighted by Crippen LogP contribution is 2.46. The van der Waals surface area contributed by atoms with Gasteiger partial charge in [-0.3, -0.25) is 9.80 Å². The van der Waals surface area contributed by atoms with E-state index in [1.54, 1.807) is 6.92 Å². The van der Waals surface area contributed by atoms with Crippen LogP contribution in [-0.4, -0.2) is 60.0 Å². The van der Waals surface area contributed by atoms with E-state index >= 15 is 4.39 Å². The molecule has 1 saturated heterocycles. The van der Waals surface area contributed by atoms with E-state index < -0.39 is 30.4 Å². The number of esters is 1. The van der Waals surface area contributed by atoms with Crippen LogP contribution in [0.15, 0.2) is 11.3 Å². The van der Waals surface area contributed by atoms with Gasteiger partial charge in [-0.25, -0.2) is 19.0 Å². The smallest absolute Gasteiger partial charge is 0.345 e. The van der Waals surface area contributed by atoms with Crippen molar-refractivity contribution in [2.24, 2.45) is 23.7 Å². The summed E-state index contributed by atoms with van der Waals surface area (Å²) in [5.74, 6) is -1.77. The number of nitrogens with zero attached hydrogens (tertiary/aromatic N) is 3. The van der Waals surface area contributed by atoms with Crippen LogP contribution in [0.2, 0.25) is 0 Å². The van der Waals surface area contributed by atoms with Crippen molar-refractivity contribution < 1.29 is 23.1 Å². The molecular weight excluding hydrogens is 430 g/mol. The summed E-state index contributed by atoms with van der Waals surface area (Å²) in [5, 5.41) is 10.7. The Morgan fingerprint density at radius 1 is 1.21 bits per heavy atom. The highest BCUT2D eigenvalue weighted by Gasteiger charge is 2.55. The molecule has 182 valence electrons. The lowest BCUT2D eigenvalue weighted by molar-refractivity contribution is -0.148. The number of amides is 1. The Morgan fingerprint density at radius 3 is 2.52 bits per heavy atom. The second kappa shape index (κ2) is 9.57. The standard InChI is InChI=1S/C24H34F2N4O3/c1-4-33-24(32)20-21(15-7-5-14(12-27)6-8-15)29(3)22-19(13(2)28-30(22)23(20)31)17-10-9-16(25)11-18(17)26/h13-19,22,28H,4-11H2,1-3H3/t13-,14?,15?,16?,17?,18?,19?,22?/m1/s1. The molecule has 2 heterocycles. The van der Waals surface area contributed by atoms with Gasteiger partial charge in [0.15, 0.2) is 0 Å². The van der Waals surface area contributed by atoms with Gasteiger partial charge in [0.2, 0.25) is 0 Å². The van der Waals surface area contributed by atoms with E-state index in [1.807, 2.05) is 18.9 Å². The summed E-state index contributed by atoms with van der Waals surface area (Å²) in [5.41, 5.74) is 3.85. The van der Waals surface area contributed by atoms with Crippen LogP contribution in [0.4, 0.5) is 8.78 Å². The van der Waals surface area contributed by atoms with Crippen molar-refractivity contribution in [3.05, 3.63) is 11.3 Å². The molecule has 2 saturated carbocycles. The van der Waals surface area contributed by atoms with Crippen molar-refractivity contribution >= 4 is 11.9 Å². The minimum atomic E-state index is -1.27. The molecule has 7 nitrogen and oxygen atoms in total. The second-order valence-electron chi connectivity index (χ2n) is 9.94. The quantitative estimate of drug-likeness (QED) is 0.508. The number of hydrogen-bond donors (Lipinski definition) is 1. The number of rotatable bonds is 4. The van der Waals surface area contributed by atoms with Gasteiger partial charge in [0.25, 0.3) is 5.91 Å². The molecule has 9 heteroatoms. The van der Waals surface area contributed by atoms with Crippen LogP contribution in [0.3, 0.4) is 0 Å². The SMILES string of the molecule is CCOC(=O)C1=C(C2CCC(C#N)CC2)N(C)C2C(C3CCC(F)CC3F)[C@@H](C)NN2C1=O. The van der Waals surface area contributed by atoms with Crippen LogP contribution in [0, 0.1) is 35.0 Å². The number of carbonyl (C=O) groups is 2. The Hall–Kier alpha value is -2.21. The summed E-state index contributed by atoms with van der Waals surface area (Å²) in [6.07, 6.45) is 0.628. The third-order valence-corrected chi connectivity index (χ3v) is 8.02. The maximum absolute atomic E-state index is 15.0. The molecule has 0 aromatic rings. The zero-order valence-corrected chi connectivity index (χ0v) is 19.6. The number of nitrogens with one attached hydrogen (secondary N) is 1. The maximum Gasteiger partial charge on any atom is 0.345 e. The predicted octanol–water partition coefficient (Wildman–Crippen LogP) is 3.23. The molecule has 0 radical (unpaired) electrons. The minimum Gasteiger partial charge on any atom is -0.462 e. The number of hydrogen-bond acceptors (Lipinski definition) is 6. The lowest BCUT2D eigenvalue weighted by Crippen LogP contribution is -2.58. The van der Waals surface area contributed by atoms with E-state index in [-0.39, 0.29) is 48.3 Å². The van der Waals surface area contributed by atoms with Crippen LogP contribution < -0.4 is 5.43 Å². The highest BCUT2D eigenvalue weighted by atomic mass is 19.1. The number of hydrazine groups is 1. The number of allylic oxidation sites excluding steroid dienone is 1. The van der Waals surface area contributed by atoms with Crippen molar-refractivity contribution in [1.82, 2.24) is 15.3 Å². The fourth-order valence-corrected chi connectivity index (χ4v) is 6.47. The lowest BCUT2D eigenvalue weighted by atomic mass is 9.73. The molecule has 0 spiro atoms. The first-order valence-electron chi connectivity index (χ1n) is 12.2. The maximum atomic E-state index is 15.0. The van der Waals surface area contributed by atoms with Crippen LogP contribution in [0.5, 0.6) is 0 Å². The molecular formula is C24H34F2N4O3. The molecule has 1 N–H and O–H groups in total. The van der Waals surface area contributed by atoms with E-state index in [1.165, 1.54) is 5.01 Å². The predicted molar refractivity (Wildman–Crippen MR) is 116 cm³/mol. The highest BCUT2D eigenvalue weighted by molar-refractivity contribution is 6.17. The molecule has 6 atom stereocenters. The fraction of sp³-hybridized carbons (Fsp3) is 0.792. The normalized spacial score (nSPS) is 39.3. The van der Waals surface area contributed by atoms with Gasteiger partial charge >= 0.3 is 5.97 Å². The Balaban J connectivity index is 1.71. The zero-order chi connectivity index (χ0) is 23.9. The summed E-state index contributed by atoms with van der Waals surface area (Å²) in [4.78, 5) is 28.5. The number of carbonyl (C=O) groups excluding carboxylic acids is 2. The van der Waals surface area contributed by atoms with E-state index in [0.717, 1.165) is 0 Å². The molecule has 2 aliphatic carbocycles. The first-order valence-corrected chi connectivity index (χ1v) is 12.2. The van der Waals surface area contributed by atoms with Gasteiger partial charge in [0, 0.05) is 43.0 Å². The van der Waals surface area contributed by atoms with Crippen molar-refractivity contribution in [2.45, 2.75) is 83.3 Å². The molecule has 1 amide bonds. The van der Waals surface area contributed by atoms with Crippen LogP contribution >= 0.6 is 0 Å². The molecule has 33 heavy (non-hydrogen) atoms. The minimum absolute atomic E-state index is 0.0157. The van der Waals surface area contributed by atoms with Gasteiger partial charge in [-0.2, -0.15) is 5.26 Å². The van der Waals surface area contributed by atoms with Crippen molar-refractivity contribution in [3.63, 3.8) is 0 Å². The largest absolute Gasteiger partial charge is 0.462 e. The Kier molecular flexibility index (Phi) is 6.94. The Morgan fingerprint density at radius 2 is 1.91 bits per heavy atom. The molecule has 3 fully saturated rings. The molecule has 0 aromatic carbocycles. The number of halogens is 2. The molecule has 5 unspecified atom stereocenters. The van der Waals surface area contributed by atoms with Crippen LogP contribution in [0.25, 0.3) is 0 Å². The summed E-state index contributed by atoms with van der Waals surface area (Å²) in [6.45, 7) is 3.77. The van der Waals surface area contributed by atoms with Crippen LogP contribution in [0.1, 0.15) is 58.8 Å². The van der Waals surface area contributed by atoms with Crippen molar-refractivity contribution in [3.8, 4) is 6.07 Å². The van der Waals surface area contributed by atoms with Gasteiger partial charge in [-0.05, 0) is 58.3 Å². The third kappa shape index (κ3) is 4.23. The topological polar surface area (TPSA) is 85.7 Å². The third-order valence-electron chi connectivity index (χ3n) is 8.02. The number of alkyl halides is 2.